The van der Waals surface area contributed by atoms with Crippen LogP contribution in [0.3, 0.4) is 0 Å². The van der Waals surface area contributed by atoms with Gasteiger partial charge in [0.2, 0.25) is 0 Å². The van der Waals surface area contributed by atoms with E-state index in [1.807, 2.05) is 12.1 Å². The molecule has 0 aliphatic rings. The molecule has 18 heavy (non-hydrogen) atoms. The van der Waals surface area contributed by atoms with Gasteiger partial charge in [-0.2, -0.15) is 0 Å². The van der Waals surface area contributed by atoms with Gasteiger partial charge in [-0.1, -0.05) is 24.3 Å². The summed E-state index contributed by atoms with van der Waals surface area (Å²) in [6.45, 7) is 0.444. The van der Waals surface area contributed by atoms with Gasteiger partial charge in [0.1, 0.15) is 0 Å². The van der Waals surface area contributed by atoms with E-state index < -0.39 is 5.97 Å². The highest BCUT2D eigenvalue weighted by molar-refractivity contribution is 5.85. The Morgan fingerprint density at radius 2 is 1.89 bits per heavy atom. The second-order valence-corrected chi connectivity index (χ2v) is 3.97. The topological polar surface area (TPSA) is 69.6 Å². The van der Waals surface area contributed by atoms with Crippen LogP contribution in [0.5, 0.6) is 0 Å². The SMILES string of the molecule is CN(C)C(=O)NCc1ccc(C=CC(=O)O)cc1. The molecule has 1 aromatic carbocycles. The van der Waals surface area contributed by atoms with Crippen LogP contribution in [-0.4, -0.2) is 36.1 Å². The first-order chi connectivity index (χ1) is 8.49. The second kappa shape index (κ2) is 6.44. The fourth-order valence-electron chi connectivity index (χ4n) is 1.25. The van der Waals surface area contributed by atoms with Crippen LogP contribution in [0.25, 0.3) is 6.08 Å². The summed E-state index contributed by atoms with van der Waals surface area (Å²) >= 11 is 0. The number of carbonyl (C=O) groups excluding carboxylic acids is 1. The first-order valence-electron chi connectivity index (χ1n) is 5.44. The molecule has 1 aromatic rings. The van der Waals surface area contributed by atoms with E-state index >= 15 is 0 Å². The first kappa shape index (κ1) is 13.8. The van der Waals surface area contributed by atoms with Crippen molar-refractivity contribution in [2.45, 2.75) is 6.54 Å². The molecule has 0 atom stereocenters. The standard InChI is InChI=1S/C13H16N2O3/c1-15(2)13(18)14-9-11-5-3-10(4-6-11)7-8-12(16)17/h3-8H,9H2,1-2H3,(H,14,18)(H,16,17). The van der Waals surface area contributed by atoms with Crippen LogP contribution in [0.1, 0.15) is 11.1 Å². The van der Waals surface area contributed by atoms with Crippen molar-refractivity contribution in [2.24, 2.45) is 0 Å². The van der Waals surface area contributed by atoms with E-state index in [0.29, 0.717) is 6.54 Å². The molecule has 0 aromatic heterocycles. The number of carboxylic acids is 1. The van der Waals surface area contributed by atoms with Crippen molar-refractivity contribution in [3.63, 3.8) is 0 Å². The number of nitrogens with one attached hydrogen (secondary N) is 1. The van der Waals surface area contributed by atoms with Gasteiger partial charge in [0.05, 0.1) is 0 Å². The molecule has 1 rings (SSSR count). The average Bonchev–Trinajstić information content (AvgIpc) is 2.34. The van der Waals surface area contributed by atoms with Gasteiger partial charge in [-0.25, -0.2) is 9.59 Å². The molecule has 5 heteroatoms. The van der Waals surface area contributed by atoms with Crippen molar-refractivity contribution < 1.29 is 14.7 Å². The summed E-state index contributed by atoms with van der Waals surface area (Å²) in [6.07, 6.45) is 2.60. The lowest BCUT2D eigenvalue weighted by Gasteiger charge is -2.11. The third kappa shape index (κ3) is 4.69. The maximum Gasteiger partial charge on any atom is 0.328 e. The van der Waals surface area contributed by atoms with Gasteiger partial charge in [0.25, 0.3) is 0 Å². The molecule has 0 bridgehead atoms. The van der Waals surface area contributed by atoms with E-state index in [9.17, 15) is 9.59 Å². The van der Waals surface area contributed by atoms with Gasteiger partial charge in [-0.05, 0) is 17.2 Å². The van der Waals surface area contributed by atoms with E-state index in [-0.39, 0.29) is 6.03 Å². The summed E-state index contributed by atoms with van der Waals surface area (Å²) in [4.78, 5) is 23.1. The van der Waals surface area contributed by atoms with Crippen molar-refractivity contribution in [2.75, 3.05) is 14.1 Å². The molecule has 2 amide bonds. The zero-order valence-corrected chi connectivity index (χ0v) is 10.4. The molecular weight excluding hydrogens is 232 g/mol. The minimum Gasteiger partial charge on any atom is -0.478 e. The maximum absolute atomic E-state index is 11.3. The van der Waals surface area contributed by atoms with Gasteiger partial charge in [-0.15, -0.1) is 0 Å². The number of rotatable bonds is 4. The van der Waals surface area contributed by atoms with Crippen LogP contribution in [0.2, 0.25) is 0 Å². The van der Waals surface area contributed by atoms with Crippen LogP contribution in [0.4, 0.5) is 4.79 Å². The fraction of sp³-hybridized carbons (Fsp3) is 0.231. The van der Waals surface area contributed by atoms with Crippen LogP contribution in [0, 0.1) is 0 Å². The van der Waals surface area contributed by atoms with Crippen molar-refractivity contribution in [1.82, 2.24) is 10.2 Å². The first-order valence-corrected chi connectivity index (χ1v) is 5.44. The minimum absolute atomic E-state index is 0.148. The van der Waals surface area contributed by atoms with E-state index in [0.717, 1.165) is 17.2 Å². The van der Waals surface area contributed by atoms with Crippen LogP contribution in [0.15, 0.2) is 30.3 Å². The monoisotopic (exact) mass is 248 g/mol. The third-order valence-electron chi connectivity index (χ3n) is 2.25. The number of hydrogen-bond acceptors (Lipinski definition) is 2. The summed E-state index contributed by atoms with van der Waals surface area (Å²) in [5.74, 6) is -0.975. The second-order valence-electron chi connectivity index (χ2n) is 3.97. The Morgan fingerprint density at radius 1 is 1.28 bits per heavy atom. The Morgan fingerprint density at radius 3 is 2.39 bits per heavy atom. The van der Waals surface area contributed by atoms with Crippen molar-refractivity contribution in [1.29, 1.82) is 0 Å². The highest BCUT2D eigenvalue weighted by Gasteiger charge is 2.01. The molecule has 0 radical (unpaired) electrons. The molecule has 0 heterocycles. The molecule has 2 N–H and O–H groups in total. The smallest absolute Gasteiger partial charge is 0.328 e. The van der Waals surface area contributed by atoms with E-state index in [2.05, 4.69) is 5.32 Å². The van der Waals surface area contributed by atoms with E-state index in [1.54, 1.807) is 26.2 Å². The van der Waals surface area contributed by atoms with Crippen LogP contribution < -0.4 is 5.32 Å². The summed E-state index contributed by atoms with van der Waals surface area (Å²) in [7, 11) is 3.35. The molecule has 0 fully saturated rings. The normalized spacial score (nSPS) is 10.3. The molecule has 0 unspecified atom stereocenters. The lowest BCUT2D eigenvalue weighted by Crippen LogP contribution is -2.33. The van der Waals surface area contributed by atoms with Gasteiger partial charge in [0, 0.05) is 26.7 Å². The summed E-state index contributed by atoms with van der Waals surface area (Å²) in [5.41, 5.74) is 1.76. The zero-order chi connectivity index (χ0) is 13.5. The predicted molar refractivity (Wildman–Crippen MR) is 69.0 cm³/mol. The van der Waals surface area contributed by atoms with Gasteiger partial charge in [-0.3, -0.25) is 0 Å². The van der Waals surface area contributed by atoms with Crippen molar-refractivity contribution in [3.05, 3.63) is 41.5 Å². The Bertz CT molecular complexity index is 450. The number of carboxylic acid groups (broad SMARTS) is 1. The number of hydrogen-bond donors (Lipinski definition) is 2. The molecule has 0 aliphatic heterocycles. The fourth-order valence-corrected chi connectivity index (χ4v) is 1.25. The summed E-state index contributed by atoms with van der Waals surface area (Å²) in [5, 5.41) is 11.2. The lowest BCUT2D eigenvalue weighted by atomic mass is 10.1. The quantitative estimate of drug-likeness (QED) is 0.794. The number of carbonyl (C=O) groups is 2. The molecule has 0 spiro atoms. The molecule has 96 valence electrons. The minimum atomic E-state index is -0.975. The number of benzene rings is 1. The van der Waals surface area contributed by atoms with Crippen LogP contribution >= 0.6 is 0 Å². The molecule has 0 saturated carbocycles. The highest BCUT2D eigenvalue weighted by Crippen LogP contribution is 2.06. The van der Waals surface area contributed by atoms with Crippen LogP contribution in [-0.2, 0) is 11.3 Å². The van der Waals surface area contributed by atoms with Gasteiger partial charge in [0.15, 0.2) is 0 Å². The van der Waals surface area contributed by atoms with Gasteiger partial charge < -0.3 is 15.3 Å². The summed E-state index contributed by atoms with van der Waals surface area (Å²) in [6, 6.07) is 7.15. The molecular formula is C13H16N2O3. The Hall–Kier alpha value is -2.30. The number of amides is 2. The predicted octanol–water partition coefficient (Wildman–Crippen LogP) is 1.56. The average molecular weight is 248 g/mol. The van der Waals surface area contributed by atoms with E-state index in [1.165, 1.54) is 11.0 Å². The number of aliphatic carboxylic acids is 1. The Labute approximate surface area is 106 Å². The summed E-state index contributed by atoms with van der Waals surface area (Å²) < 4.78 is 0. The van der Waals surface area contributed by atoms with Crippen molar-refractivity contribution in [3.8, 4) is 0 Å². The zero-order valence-electron chi connectivity index (χ0n) is 10.4. The Kier molecular flexibility index (Phi) is 4.92. The maximum atomic E-state index is 11.3. The largest absolute Gasteiger partial charge is 0.478 e. The molecule has 5 nitrogen and oxygen atoms in total. The number of nitrogens with zero attached hydrogens (tertiary/aromatic N) is 1. The number of urea groups is 1. The molecule has 0 aliphatic carbocycles. The van der Waals surface area contributed by atoms with Crippen molar-refractivity contribution >= 4 is 18.1 Å². The van der Waals surface area contributed by atoms with Gasteiger partial charge >= 0.3 is 12.0 Å². The third-order valence-corrected chi connectivity index (χ3v) is 2.25. The highest BCUT2D eigenvalue weighted by atomic mass is 16.4. The lowest BCUT2D eigenvalue weighted by molar-refractivity contribution is -0.131. The van der Waals surface area contributed by atoms with E-state index in [4.69, 9.17) is 5.11 Å². The molecule has 0 saturated heterocycles. The Balaban J connectivity index is 2.55.